The van der Waals surface area contributed by atoms with Crippen molar-refractivity contribution >= 4 is 23.2 Å². The van der Waals surface area contributed by atoms with E-state index in [2.05, 4.69) is 16.9 Å². The summed E-state index contributed by atoms with van der Waals surface area (Å²) in [5, 5.41) is 3.97. The second kappa shape index (κ2) is 5.06. The largest absolute Gasteiger partial charge is 0.325 e. The van der Waals surface area contributed by atoms with Gasteiger partial charge in [-0.05, 0) is 24.6 Å². The molecule has 17 heavy (non-hydrogen) atoms. The van der Waals surface area contributed by atoms with Crippen LogP contribution in [0.15, 0.2) is 43.2 Å². The van der Waals surface area contributed by atoms with Crippen molar-refractivity contribution in [2.75, 3.05) is 5.32 Å². The van der Waals surface area contributed by atoms with Gasteiger partial charge >= 0.3 is 0 Å². The topological polar surface area (TPSA) is 29.9 Å². The Morgan fingerprint density at radius 2 is 2.35 bits per heavy atom. The second-order valence-electron chi connectivity index (χ2n) is 3.78. The molecule has 3 nitrogen and oxygen atoms in total. The van der Waals surface area contributed by atoms with Gasteiger partial charge in [-0.2, -0.15) is 0 Å². The third-order valence-electron chi connectivity index (χ3n) is 2.49. The second-order valence-corrected chi connectivity index (χ2v) is 4.21. The first-order valence-corrected chi connectivity index (χ1v) is 5.73. The van der Waals surface area contributed by atoms with Crippen LogP contribution in [0.2, 0.25) is 5.02 Å². The van der Waals surface area contributed by atoms with E-state index in [9.17, 15) is 0 Å². The van der Waals surface area contributed by atoms with E-state index in [4.69, 9.17) is 11.6 Å². The highest BCUT2D eigenvalue weighted by molar-refractivity contribution is 6.30. The first kappa shape index (κ1) is 11.7. The molecule has 0 saturated heterocycles. The molecule has 88 valence electrons. The van der Waals surface area contributed by atoms with Crippen LogP contribution < -0.4 is 5.32 Å². The molecule has 0 bridgehead atoms. The number of hydrogen-bond acceptors (Lipinski definition) is 2. The smallest absolute Gasteiger partial charge is 0.207 e. The standard InChI is InChI=1S/C13H14ClN3/c1-3-7-17-8-6-15-13(17)16-12-9-11(14)5-4-10(12)2/h3-6,8-9H,1,7H2,2H3,(H,15,16). The maximum atomic E-state index is 5.97. The number of aryl methyl sites for hydroxylation is 1. The molecule has 0 aliphatic rings. The highest BCUT2D eigenvalue weighted by atomic mass is 35.5. The molecular weight excluding hydrogens is 234 g/mol. The number of aromatic nitrogens is 2. The molecule has 0 fully saturated rings. The fraction of sp³-hybridized carbons (Fsp3) is 0.154. The summed E-state index contributed by atoms with van der Waals surface area (Å²) in [5.74, 6) is 0.787. The molecule has 0 aliphatic carbocycles. The number of imidazole rings is 1. The predicted molar refractivity (Wildman–Crippen MR) is 71.9 cm³/mol. The quantitative estimate of drug-likeness (QED) is 0.834. The van der Waals surface area contributed by atoms with Gasteiger partial charge in [-0.1, -0.05) is 23.7 Å². The Morgan fingerprint density at radius 3 is 3.12 bits per heavy atom. The Bertz CT molecular complexity index is 531. The van der Waals surface area contributed by atoms with Gasteiger partial charge in [0.2, 0.25) is 5.95 Å². The van der Waals surface area contributed by atoms with Crippen LogP contribution in [0.5, 0.6) is 0 Å². The van der Waals surface area contributed by atoms with Gasteiger partial charge in [0.15, 0.2) is 0 Å². The number of anilines is 2. The zero-order valence-electron chi connectivity index (χ0n) is 9.65. The fourth-order valence-corrected chi connectivity index (χ4v) is 1.74. The van der Waals surface area contributed by atoms with Gasteiger partial charge < -0.3 is 9.88 Å². The highest BCUT2D eigenvalue weighted by Crippen LogP contribution is 2.23. The van der Waals surface area contributed by atoms with E-state index in [1.54, 1.807) is 6.20 Å². The van der Waals surface area contributed by atoms with Crippen molar-refractivity contribution < 1.29 is 0 Å². The van der Waals surface area contributed by atoms with Crippen molar-refractivity contribution in [3.8, 4) is 0 Å². The summed E-state index contributed by atoms with van der Waals surface area (Å²) in [5.41, 5.74) is 2.09. The number of rotatable bonds is 4. The lowest BCUT2D eigenvalue weighted by atomic mass is 10.2. The van der Waals surface area contributed by atoms with Crippen LogP contribution >= 0.6 is 11.6 Å². The van der Waals surface area contributed by atoms with Crippen LogP contribution in [0, 0.1) is 6.92 Å². The summed E-state index contributed by atoms with van der Waals surface area (Å²) in [6.07, 6.45) is 5.49. The molecule has 1 N–H and O–H groups in total. The fourth-order valence-electron chi connectivity index (χ4n) is 1.57. The van der Waals surface area contributed by atoms with Crippen LogP contribution in [0.25, 0.3) is 0 Å². The molecule has 1 heterocycles. The summed E-state index contributed by atoms with van der Waals surface area (Å²) >= 11 is 5.97. The van der Waals surface area contributed by atoms with Crippen LogP contribution in [0.1, 0.15) is 5.56 Å². The number of benzene rings is 1. The summed E-state index contributed by atoms with van der Waals surface area (Å²) in [7, 11) is 0. The summed E-state index contributed by atoms with van der Waals surface area (Å²) in [6, 6.07) is 5.74. The first-order valence-electron chi connectivity index (χ1n) is 5.36. The molecule has 2 aromatic rings. The van der Waals surface area contributed by atoms with Crippen LogP contribution in [0.4, 0.5) is 11.6 Å². The Labute approximate surface area is 106 Å². The average molecular weight is 248 g/mol. The van der Waals surface area contributed by atoms with E-state index in [1.807, 2.05) is 42.0 Å². The van der Waals surface area contributed by atoms with Crippen molar-refractivity contribution in [2.24, 2.45) is 0 Å². The number of hydrogen-bond donors (Lipinski definition) is 1. The minimum atomic E-state index is 0.708. The Hall–Kier alpha value is -1.74. The summed E-state index contributed by atoms with van der Waals surface area (Å²) < 4.78 is 1.98. The van der Waals surface area contributed by atoms with Crippen LogP contribution in [-0.2, 0) is 6.54 Å². The third-order valence-corrected chi connectivity index (χ3v) is 2.72. The van der Waals surface area contributed by atoms with Crippen molar-refractivity contribution in [1.29, 1.82) is 0 Å². The highest BCUT2D eigenvalue weighted by Gasteiger charge is 2.04. The predicted octanol–water partition coefficient (Wildman–Crippen LogP) is 3.77. The van der Waals surface area contributed by atoms with Gasteiger partial charge in [0.1, 0.15) is 0 Å². The van der Waals surface area contributed by atoms with Gasteiger partial charge in [-0.3, -0.25) is 0 Å². The third kappa shape index (κ3) is 2.68. The Morgan fingerprint density at radius 1 is 1.53 bits per heavy atom. The van der Waals surface area contributed by atoms with Crippen LogP contribution in [0.3, 0.4) is 0 Å². The Kier molecular flexibility index (Phi) is 3.49. The lowest BCUT2D eigenvalue weighted by molar-refractivity contribution is 0.833. The maximum absolute atomic E-state index is 5.97. The number of nitrogens with zero attached hydrogens (tertiary/aromatic N) is 2. The first-order chi connectivity index (χ1) is 8.20. The van der Waals surface area contributed by atoms with E-state index < -0.39 is 0 Å². The molecule has 0 unspecified atom stereocenters. The number of allylic oxidation sites excluding steroid dienone is 1. The molecule has 2 rings (SSSR count). The molecule has 4 heteroatoms. The molecule has 0 amide bonds. The Balaban J connectivity index is 2.27. The van der Waals surface area contributed by atoms with Gasteiger partial charge in [0.25, 0.3) is 0 Å². The molecule has 1 aromatic heterocycles. The number of halogens is 1. The van der Waals surface area contributed by atoms with E-state index in [0.29, 0.717) is 5.02 Å². The van der Waals surface area contributed by atoms with Gasteiger partial charge in [-0.15, -0.1) is 6.58 Å². The maximum Gasteiger partial charge on any atom is 0.207 e. The van der Waals surface area contributed by atoms with Crippen molar-refractivity contribution in [2.45, 2.75) is 13.5 Å². The van der Waals surface area contributed by atoms with Gasteiger partial charge in [0, 0.05) is 29.6 Å². The lowest BCUT2D eigenvalue weighted by Gasteiger charge is -2.10. The van der Waals surface area contributed by atoms with E-state index in [1.165, 1.54) is 0 Å². The lowest BCUT2D eigenvalue weighted by Crippen LogP contribution is -2.02. The minimum absolute atomic E-state index is 0.708. The monoisotopic (exact) mass is 247 g/mol. The van der Waals surface area contributed by atoms with Crippen molar-refractivity contribution in [3.63, 3.8) is 0 Å². The zero-order valence-corrected chi connectivity index (χ0v) is 10.4. The van der Waals surface area contributed by atoms with Gasteiger partial charge in [-0.25, -0.2) is 4.98 Å². The summed E-state index contributed by atoms with van der Waals surface area (Å²) in [4.78, 5) is 4.26. The van der Waals surface area contributed by atoms with E-state index in [-0.39, 0.29) is 0 Å². The molecule has 0 radical (unpaired) electrons. The van der Waals surface area contributed by atoms with E-state index >= 15 is 0 Å². The molecular formula is C13H14ClN3. The molecule has 0 saturated carbocycles. The minimum Gasteiger partial charge on any atom is -0.325 e. The van der Waals surface area contributed by atoms with E-state index in [0.717, 1.165) is 23.7 Å². The van der Waals surface area contributed by atoms with Gasteiger partial charge in [0.05, 0.1) is 0 Å². The molecule has 1 aromatic carbocycles. The number of nitrogens with one attached hydrogen (secondary N) is 1. The molecule has 0 spiro atoms. The zero-order chi connectivity index (χ0) is 12.3. The van der Waals surface area contributed by atoms with Crippen LogP contribution in [-0.4, -0.2) is 9.55 Å². The molecule has 0 aliphatic heterocycles. The summed E-state index contributed by atoms with van der Waals surface area (Å²) in [6.45, 7) is 6.47. The van der Waals surface area contributed by atoms with Crippen molar-refractivity contribution in [3.05, 3.63) is 53.8 Å². The normalized spacial score (nSPS) is 10.2. The SMILES string of the molecule is C=CCn1ccnc1Nc1cc(Cl)ccc1C. The molecule has 0 atom stereocenters. The van der Waals surface area contributed by atoms with Crippen molar-refractivity contribution in [1.82, 2.24) is 9.55 Å². The average Bonchev–Trinajstić information content (AvgIpc) is 2.72.